The van der Waals surface area contributed by atoms with Crippen LogP contribution in [0.4, 0.5) is 5.69 Å². The van der Waals surface area contributed by atoms with E-state index in [1.54, 1.807) is 29.2 Å². The Morgan fingerprint density at radius 2 is 1.68 bits per heavy atom. The normalized spacial score (nSPS) is 12.6. The van der Waals surface area contributed by atoms with Crippen molar-refractivity contribution in [3.8, 4) is 5.75 Å². The highest BCUT2D eigenvalue weighted by Crippen LogP contribution is 2.13. The third-order valence-corrected chi connectivity index (χ3v) is 2.62. The molecule has 1 aromatic rings. The van der Waals surface area contributed by atoms with Gasteiger partial charge in [0.1, 0.15) is 18.5 Å². The third kappa shape index (κ3) is 6.40. The quantitative estimate of drug-likeness (QED) is 0.443. The number of nitrogens with zero attached hydrogens (tertiary/aromatic N) is 1. The Morgan fingerprint density at radius 3 is 2.21 bits per heavy atom. The molecule has 0 aliphatic carbocycles. The smallest absolute Gasteiger partial charge is 0.119 e. The summed E-state index contributed by atoms with van der Waals surface area (Å²) in [4.78, 5) is 1.77. The zero-order valence-electron chi connectivity index (χ0n) is 10.9. The Balaban J connectivity index is 2.33. The molecular weight excluding hydrogens is 248 g/mol. The Morgan fingerprint density at radius 1 is 1.11 bits per heavy atom. The lowest BCUT2D eigenvalue weighted by atomic mass is 10.3. The number of aliphatic hydroxyl groups excluding tert-OH is 3. The van der Waals surface area contributed by atoms with E-state index in [9.17, 15) is 5.11 Å². The molecule has 19 heavy (non-hydrogen) atoms. The molecular formula is C13H22N2O4. The first-order chi connectivity index (χ1) is 9.15. The van der Waals surface area contributed by atoms with Crippen molar-refractivity contribution in [1.29, 1.82) is 0 Å². The van der Waals surface area contributed by atoms with Gasteiger partial charge in [0.15, 0.2) is 0 Å². The van der Waals surface area contributed by atoms with Gasteiger partial charge in [-0.05, 0) is 24.3 Å². The van der Waals surface area contributed by atoms with Gasteiger partial charge in [0.25, 0.3) is 0 Å². The highest BCUT2D eigenvalue weighted by Gasteiger charge is 2.11. The fraction of sp³-hybridized carbons (Fsp3) is 0.538. The van der Waals surface area contributed by atoms with E-state index < -0.39 is 6.10 Å². The summed E-state index contributed by atoms with van der Waals surface area (Å²) in [5.41, 5.74) is 6.21. The van der Waals surface area contributed by atoms with Crippen LogP contribution in [0.25, 0.3) is 0 Å². The standard InChI is InChI=1S/C13H22N2O4/c14-11-1-3-13(4-2-11)19-10-12(18)9-15(5-7-16)6-8-17/h1-4,12,16-18H,5-10,14H2. The maximum atomic E-state index is 9.83. The number of hydrogen-bond donors (Lipinski definition) is 4. The number of nitrogens with two attached hydrogens (primary N) is 1. The van der Waals surface area contributed by atoms with Crippen LogP contribution in [-0.2, 0) is 0 Å². The zero-order chi connectivity index (χ0) is 14.1. The van der Waals surface area contributed by atoms with Gasteiger partial charge in [-0.25, -0.2) is 0 Å². The summed E-state index contributed by atoms with van der Waals surface area (Å²) in [7, 11) is 0. The van der Waals surface area contributed by atoms with Crippen LogP contribution in [0, 0.1) is 0 Å². The molecule has 108 valence electrons. The molecule has 0 heterocycles. The van der Waals surface area contributed by atoms with E-state index in [1.165, 1.54) is 0 Å². The summed E-state index contributed by atoms with van der Waals surface area (Å²) in [5.74, 6) is 0.643. The molecule has 0 saturated carbocycles. The topological polar surface area (TPSA) is 99.2 Å². The van der Waals surface area contributed by atoms with Gasteiger partial charge in [-0.15, -0.1) is 0 Å². The van der Waals surface area contributed by atoms with E-state index in [0.717, 1.165) is 0 Å². The maximum Gasteiger partial charge on any atom is 0.119 e. The average Bonchev–Trinajstić information content (AvgIpc) is 2.39. The fourth-order valence-electron chi connectivity index (χ4n) is 1.68. The van der Waals surface area contributed by atoms with Gasteiger partial charge < -0.3 is 25.8 Å². The van der Waals surface area contributed by atoms with Crippen molar-refractivity contribution < 1.29 is 20.1 Å². The summed E-state index contributed by atoms with van der Waals surface area (Å²) in [5, 5.41) is 27.6. The first kappa shape index (κ1) is 15.7. The van der Waals surface area contributed by atoms with Gasteiger partial charge in [-0.1, -0.05) is 0 Å². The third-order valence-electron chi connectivity index (χ3n) is 2.62. The monoisotopic (exact) mass is 270 g/mol. The Bertz CT molecular complexity index is 339. The minimum absolute atomic E-state index is 0.00839. The molecule has 0 aliphatic heterocycles. The maximum absolute atomic E-state index is 9.83. The minimum Gasteiger partial charge on any atom is -0.491 e. The molecule has 0 aromatic heterocycles. The van der Waals surface area contributed by atoms with Crippen molar-refractivity contribution >= 4 is 5.69 Å². The fourth-order valence-corrected chi connectivity index (χ4v) is 1.68. The van der Waals surface area contributed by atoms with Crippen molar-refractivity contribution in [3.63, 3.8) is 0 Å². The van der Waals surface area contributed by atoms with Crippen LogP contribution in [0.2, 0.25) is 0 Å². The van der Waals surface area contributed by atoms with Crippen LogP contribution in [-0.4, -0.2) is 65.8 Å². The number of ether oxygens (including phenoxy) is 1. The Hall–Kier alpha value is -1.34. The van der Waals surface area contributed by atoms with Crippen molar-refractivity contribution in [2.45, 2.75) is 6.10 Å². The average molecular weight is 270 g/mol. The molecule has 0 amide bonds. The predicted octanol–water partition coefficient (Wildman–Crippen LogP) is -0.705. The van der Waals surface area contributed by atoms with Crippen LogP contribution >= 0.6 is 0 Å². The SMILES string of the molecule is Nc1ccc(OCC(O)CN(CCO)CCO)cc1. The number of hydrogen-bond acceptors (Lipinski definition) is 6. The van der Waals surface area contributed by atoms with Crippen molar-refractivity contribution in [3.05, 3.63) is 24.3 Å². The van der Waals surface area contributed by atoms with E-state index in [1.807, 2.05) is 0 Å². The first-order valence-electron chi connectivity index (χ1n) is 6.26. The van der Waals surface area contributed by atoms with Crippen molar-refractivity contribution in [1.82, 2.24) is 4.90 Å². The molecule has 1 unspecified atom stereocenters. The first-order valence-corrected chi connectivity index (χ1v) is 6.26. The largest absolute Gasteiger partial charge is 0.491 e. The van der Waals surface area contributed by atoms with Crippen LogP contribution in [0.15, 0.2) is 24.3 Å². The molecule has 0 saturated heterocycles. The summed E-state index contributed by atoms with van der Waals surface area (Å²) in [6.45, 7) is 1.31. The molecule has 0 fully saturated rings. The van der Waals surface area contributed by atoms with Gasteiger partial charge in [-0.3, -0.25) is 4.90 Å². The van der Waals surface area contributed by atoms with Gasteiger partial charge in [0, 0.05) is 25.3 Å². The molecule has 6 heteroatoms. The van der Waals surface area contributed by atoms with Crippen molar-refractivity contribution in [2.75, 3.05) is 45.2 Å². The molecule has 5 N–H and O–H groups in total. The highest BCUT2D eigenvalue weighted by atomic mass is 16.5. The Labute approximate surface area is 113 Å². The molecule has 6 nitrogen and oxygen atoms in total. The molecule has 1 aromatic carbocycles. The highest BCUT2D eigenvalue weighted by molar-refractivity contribution is 5.41. The summed E-state index contributed by atoms with van der Waals surface area (Å²) < 4.78 is 5.42. The second kappa shape index (κ2) is 8.71. The van der Waals surface area contributed by atoms with Gasteiger partial charge >= 0.3 is 0 Å². The molecule has 0 spiro atoms. The zero-order valence-corrected chi connectivity index (χ0v) is 10.9. The predicted molar refractivity (Wildman–Crippen MR) is 73.0 cm³/mol. The Kier molecular flexibility index (Phi) is 7.20. The van der Waals surface area contributed by atoms with E-state index >= 15 is 0 Å². The van der Waals surface area contributed by atoms with Gasteiger partial charge in [-0.2, -0.15) is 0 Å². The molecule has 0 radical (unpaired) electrons. The number of aliphatic hydroxyl groups is 3. The second-order valence-corrected chi connectivity index (χ2v) is 4.28. The number of nitrogen functional groups attached to an aromatic ring is 1. The van der Waals surface area contributed by atoms with Crippen molar-refractivity contribution in [2.24, 2.45) is 0 Å². The van der Waals surface area contributed by atoms with E-state index in [2.05, 4.69) is 0 Å². The summed E-state index contributed by atoms with van der Waals surface area (Å²) >= 11 is 0. The molecule has 0 aliphatic rings. The molecule has 1 rings (SSSR count). The van der Waals surface area contributed by atoms with Gasteiger partial charge in [0.2, 0.25) is 0 Å². The summed E-state index contributed by atoms with van der Waals surface area (Å²) in [6, 6.07) is 6.93. The van der Waals surface area contributed by atoms with E-state index in [-0.39, 0.29) is 19.8 Å². The van der Waals surface area contributed by atoms with Crippen LogP contribution in [0.3, 0.4) is 0 Å². The molecule has 1 atom stereocenters. The van der Waals surface area contributed by atoms with Gasteiger partial charge in [0.05, 0.1) is 13.2 Å². The van der Waals surface area contributed by atoms with Crippen LogP contribution in [0.1, 0.15) is 0 Å². The van der Waals surface area contributed by atoms with E-state index in [0.29, 0.717) is 31.1 Å². The van der Waals surface area contributed by atoms with Crippen LogP contribution < -0.4 is 10.5 Å². The van der Waals surface area contributed by atoms with E-state index in [4.69, 9.17) is 20.7 Å². The number of rotatable bonds is 9. The summed E-state index contributed by atoms with van der Waals surface area (Å²) in [6.07, 6.45) is -0.685. The molecule has 0 bridgehead atoms. The lowest BCUT2D eigenvalue weighted by molar-refractivity contribution is 0.0552. The van der Waals surface area contributed by atoms with Crippen LogP contribution in [0.5, 0.6) is 5.75 Å². The number of benzene rings is 1. The lowest BCUT2D eigenvalue weighted by Crippen LogP contribution is -2.38. The second-order valence-electron chi connectivity index (χ2n) is 4.28. The number of anilines is 1. The minimum atomic E-state index is -0.685. The lowest BCUT2D eigenvalue weighted by Gasteiger charge is -2.23.